The molecule has 4 rings (SSSR count). The molecule has 2 fully saturated rings. The Morgan fingerprint density at radius 1 is 1.07 bits per heavy atom. The topological polar surface area (TPSA) is 90.3 Å². The third-order valence-corrected chi connectivity index (χ3v) is 8.39. The van der Waals surface area contributed by atoms with Crippen LogP contribution in [0.15, 0.2) is 57.9 Å². The standard InChI is InChI=1S/C22H22BrN3O3S/c23-18-3-7-20(8-4-18)30(28,29)26-13-9-16(10-14-26)21(27)25-19-5-1-17(2-6-19)22(15-24)11-12-22/h1-8,16H,9-14H2,(H,25,27). The lowest BCUT2D eigenvalue weighted by atomic mass is 9.96. The van der Waals surface area contributed by atoms with Crippen LogP contribution in [0.2, 0.25) is 0 Å². The quantitative estimate of drug-likeness (QED) is 0.688. The van der Waals surface area contributed by atoms with Gasteiger partial charge in [0.15, 0.2) is 0 Å². The lowest BCUT2D eigenvalue weighted by Gasteiger charge is -2.30. The summed E-state index contributed by atoms with van der Waals surface area (Å²) in [7, 11) is -3.55. The number of nitrogens with zero attached hydrogens (tertiary/aromatic N) is 2. The predicted octanol–water partition coefficient (Wildman–Crippen LogP) is 4.04. The Bertz CT molecular complexity index is 1080. The maximum absolute atomic E-state index is 12.8. The number of carbonyl (C=O) groups excluding carboxylic acids is 1. The predicted molar refractivity (Wildman–Crippen MR) is 117 cm³/mol. The molecule has 0 bridgehead atoms. The molecule has 1 heterocycles. The molecule has 1 aliphatic heterocycles. The first-order chi connectivity index (χ1) is 14.3. The van der Waals surface area contributed by atoms with Crippen molar-refractivity contribution in [3.05, 3.63) is 58.6 Å². The molecule has 2 aromatic carbocycles. The van der Waals surface area contributed by atoms with Crippen LogP contribution in [0.5, 0.6) is 0 Å². The highest BCUT2D eigenvalue weighted by Gasteiger charge is 2.44. The van der Waals surface area contributed by atoms with E-state index in [-0.39, 0.29) is 22.1 Å². The first-order valence-corrected chi connectivity index (χ1v) is 12.2. The largest absolute Gasteiger partial charge is 0.326 e. The molecule has 0 unspecified atom stereocenters. The summed E-state index contributed by atoms with van der Waals surface area (Å²) in [5, 5.41) is 12.2. The highest BCUT2D eigenvalue weighted by molar-refractivity contribution is 9.10. The van der Waals surface area contributed by atoms with Gasteiger partial charge in [-0.3, -0.25) is 4.79 Å². The van der Waals surface area contributed by atoms with E-state index >= 15 is 0 Å². The van der Waals surface area contributed by atoms with Crippen LogP contribution in [0.25, 0.3) is 0 Å². The monoisotopic (exact) mass is 487 g/mol. The molecule has 0 spiro atoms. The van der Waals surface area contributed by atoms with Crippen molar-refractivity contribution in [2.45, 2.75) is 36.0 Å². The van der Waals surface area contributed by atoms with Gasteiger partial charge in [-0.25, -0.2) is 8.42 Å². The molecule has 0 atom stereocenters. The SMILES string of the molecule is N#CC1(c2ccc(NC(=O)C3CCN(S(=O)(=O)c4ccc(Br)cc4)CC3)cc2)CC1. The van der Waals surface area contributed by atoms with Crippen LogP contribution >= 0.6 is 15.9 Å². The summed E-state index contributed by atoms with van der Waals surface area (Å²) in [6.07, 6.45) is 2.74. The van der Waals surface area contributed by atoms with Crippen LogP contribution in [-0.4, -0.2) is 31.7 Å². The van der Waals surface area contributed by atoms with Gasteiger partial charge in [0.25, 0.3) is 0 Å². The summed E-state index contributed by atoms with van der Waals surface area (Å²) in [5.74, 6) is -0.320. The molecule has 0 aromatic heterocycles. The van der Waals surface area contributed by atoms with Crippen LogP contribution in [-0.2, 0) is 20.2 Å². The third-order valence-electron chi connectivity index (χ3n) is 5.95. The zero-order chi connectivity index (χ0) is 21.4. The van der Waals surface area contributed by atoms with Crippen LogP contribution in [0.3, 0.4) is 0 Å². The number of piperidine rings is 1. The van der Waals surface area contributed by atoms with Crippen molar-refractivity contribution in [1.29, 1.82) is 5.26 Å². The van der Waals surface area contributed by atoms with E-state index in [9.17, 15) is 18.5 Å². The van der Waals surface area contributed by atoms with E-state index in [2.05, 4.69) is 27.3 Å². The van der Waals surface area contributed by atoms with E-state index in [1.54, 1.807) is 24.3 Å². The summed E-state index contributed by atoms with van der Waals surface area (Å²) in [4.78, 5) is 12.9. The molecule has 1 N–H and O–H groups in total. The zero-order valence-corrected chi connectivity index (χ0v) is 18.7. The van der Waals surface area contributed by atoms with Crippen molar-refractivity contribution in [1.82, 2.24) is 4.31 Å². The number of carbonyl (C=O) groups is 1. The number of halogens is 1. The second-order valence-corrected chi connectivity index (χ2v) is 10.7. The lowest BCUT2D eigenvalue weighted by molar-refractivity contribution is -0.120. The van der Waals surface area contributed by atoms with Gasteiger partial charge in [0, 0.05) is 29.2 Å². The van der Waals surface area contributed by atoms with Gasteiger partial charge in [-0.1, -0.05) is 28.1 Å². The number of sulfonamides is 1. The molecule has 2 aliphatic rings. The fraction of sp³-hybridized carbons (Fsp3) is 0.364. The molecular formula is C22H22BrN3O3S. The zero-order valence-electron chi connectivity index (χ0n) is 16.3. The maximum Gasteiger partial charge on any atom is 0.243 e. The van der Waals surface area contributed by atoms with E-state index in [0.717, 1.165) is 22.9 Å². The van der Waals surface area contributed by atoms with E-state index in [0.29, 0.717) is 31.6 Å². The fourth-order valence-electron chi connectivity index (χ4n) is 3.82. The molecule has 156 valence electrons. The van der Waals surface area contributed by atoms with Crippen molar-refractivity contribution >= 4 is 37.5 Å². The molecule has 30 heavy (non-hydrogen) atoms. The van der Waals surface area contributed by atoms with Gasteiger partial charge in [-0.2, -0.15) is 9.57 Å². The first-order valence-electron chi connectivity index (χ1n) is 9.92. The summed E-state index contributed by atoms with van der Waals surface area (Å²) >= 11 is 3.31. The van der Waals surface area contributed by atoms with Crippen LogP contribution in [0, 0.1) is 17.2 Å². The van der Waals surface area contributed by atoms with Gasteiger partial charge in [0.1, 0.15) is 0 Å². The number of amides is 1. The molecule has 6 nitrogen and oxygen atoms in total. The van der Waals surface area contributed by atoms with Gasteiger partial charge in [0.2, 0.25) is 15.9 Å². The van der Waals surface area contributed by atoms with Crippen LogP contribution < -0.4 is 5.32 Å². The average molecular weight is 488 g/mol. The number of benzene rings is 2. The molecule has 1 saturated heterocycles. The van der Waals surface area contributed by atoms with E-state index in [1.807, 2.05) is 24.3 Å². The molecule has 8 heteroatoms. The highest BCUT2D eigenvalue weighted by atomic mass is 79.9. The Hall–Kier alpha value is -2.21. The van der Waals surface area contributed by atoms with Crippen molar-refractivity contribution in [2.24, 2.45) is 5.92 Å². The Balaban J connectivity index is 1.34. The number of hydrogen-bond donors (Lipinski definition) is 1. The Morgan fingerprint density at radius 2 is 1.67 bits per heavy atom. The average Bonchev–Trinajstić information content (AvgIpc) is 3.56. The Kier molecular flexibility index (Phi) is 5.71. The minimum Gasteiger partial charge on any atom is -0.326 e. The summed E-state index contributed by atoms with van der Waals surface area (Å²) < 4.78 is 27.9. The highest BCUT2D eigenvalue weighted by Crippen LogP contribution is 2.47. The minimum absolute atomic E-state index is 0.0927. The van der Waals surface area contributed by atoms with E-state index in [4.69, 9.17) is 0 Å². The molecule has 1 saturated carbocycles. The minimum atomic E-state index is -3.55. The normalized spacial score (nSPS) is 19.1. The van der Waals surface area contributed by atoms with Gasteiger partial charge in [-0.05, 0) is 67.6 Å². The summed E-state index contributed by atoms with van der Waals surface area (Å²) in [5.41, 5.74) is 1.35. The molecule has 2 aromatic rings. The van der Waals surface area contributed by atoms with Gasteiger partial charge >= 0.3 is 0 Å². The molecule has 0 radical (unpaired) electrons. The number of rotatable bonds is 5. The number of anilines is 1. The maximum atomic E-state index is 12.8. The van der Waals surface area contributed by atoms with Crippen LogP contribution in [0.1, 0.15) is 31.2 Å². The Morgan fingerprint density at radius 3 is 2.20 bits per heavy atom. The van der Waals surface area contributed by atoms with Crippen molar-refractivity contribution in [3.63, 3.8) is 0 Å². The summed E-state index contributed by atoms with van der Waals surface area (Å²) in [6, 6.07) is 16.4. The van der Waals surface area contributed by atoms with E-state index < -0.39 is 10.0 Å². The second-order valence-electron chi connectivity index (χ2n) is 7.89. The van der Waals surface area contributed by atoms with Gasteiger partial charge in [0.05, 0.1) is 16.4 Å². The first kappa shape index (κ1) is 21.0. The van der Waals surface area contributed by atoms with Gasteiger partial charge < -0.3 is 5.32 Å². The summed E-state index contributed by atoms with van der Waals surface area (Å²) in [6.45, 7) is 0.639. The van der Waals surface area contributed by atoms with Crippen molar-refractivity contribution in [2.75, 3.05) is 18.4 Å². The molecular weight excluding hydrogens is 466 g/mol. The number of nitriles is 1. The number of hydrogen-bond acceptors (Lipinski definition) is 4. The smallest absolute Gasteiger partial charge is 0.243 e. The van der Waals surface area contributed by atoms with Crippen LogP contribution in [0.4, 0.5) is 5.69 Å². The lowest BCUT2D eigenvalue weighted by Crippen LogP contribution is -2.41. The molecule has 1 aliphatic carbocycles. The third kappa shape index (κ3) is 4.15. The van der Waals surface area contributed by atoms with Crippen molar-refractivity contribution < 1.29 is 13.2 Å². The fourth-order valence-corrected chi connectivity index (χ4v) is 5.55. The van der Waals surface area contributed by atoms with Gasteiger partial charge in [-0.15, -0.1) is 0 Å². The Labute approximate surface area is 185 Å². The molecule has 1 amide bonds. The second kappa shape index (κ2) is 8.14. The van der Waals surface area contributed by atoms with E-state index in [1.165, 1.54) is 4.31 Å². The number of nitrogens with one attached hydrogen (secondary N) is 1. The van der Waals surface area contributed by atoms with Crippen molar-refractivity contribution in [3.8, 4) is 6.07 Å².